The third kappa shape index (κ3) is 4.28. The number of nitrogens with zero attached hydrogens (tertiary/aromatic N) is 4. The summed E-state index contributed by atoms with van der Waals surface area (Å²) in [5.74, 6) is 1.61. The number of thioether (sulfide) groups is 1. The van der Waals surface area contributed by atoms with Gasteiger partial charge in [-0.05, 0) is 43.9 Å². The van der Waals surface area contributed by atoms with Gasteiger partial charge in [0.1, 0.15) is 6.61 Å². The van der Waals surface area contributed by atoms with Gasteiger partial charge in [-0.25, -0.2) is 9.97 Å². The van der Waals surface area contributed by atoms with Gasteiger partial charge in [0.05, 0.1) is 11.9 Å². The van der Waals surface area contributed by atoms with E-state index in [1.54, 1.807) is 23.5 Å². The number of amides is 1. The number of hydrogen-bond donors (Lipinski definition) is 1. The zero-order chi connectivity index (χ0) is 19.4. The number of nitrogens with one attached hydrogen (secondary N) is 1. The lowest BCUT2D eigenvalue weighted by atomic mass is 10.1. The Kier molecular flexibility index (Phi) is 6.08. The molecule has 8 heteroatoms. The Morgan fingerprint density at radius 2 is 2.11 bits per heavy atom. The van der Waals surface area contributed by atoms with Crippen LogP contribution in [0.5, 0.6) is 0 Å². The Bertz CT molecular complexity index is 970. The lowest BCUT2D eigenvalue weighted by Crippen LogP contribution is -2.20. The SMILES string of the molecule is CCOCc1nc(CC(=O)NC)nn1-c1cc(C)c2ccc(SC)cc2n1. The molecule has 0 bridgehead atoms. The minimum atomic E-state index is -0.137. The molecule has 0 aliphatic rings. The molecule has 2 aromatic heterocycles. The number of rotatable bonds is 7. The number of carbonyl (C=O) groups excluding carboxylic acids is 1. The number of ether oxygens (including phenoxy) is 1. The van der Waals surface area contributed by atoms with Gasteiger partial charge in [0.25, 0.3) is 0 Å². The molecule has 0 spiro atoms. The number of likely N-dealkylation sites (N-methyl/N-ethyl adjacent to an activating group) is 1. The highest BCUT2D eigenvalue weighted by atomic mass is 32.2. The predicted octanol–water partition coefficient (Wildman–Crippen LogP) is 2.67. The first-order valence-electron chi connectivity index (χ1n) is 8.74. The van der Waals surface area contributed by atoms with E-state index < -0.39 is 0 Å². The van der Waals surface area contributed by atoms with E-state index in [0.29, 0.717) is 30.7 Å². The quantitative estimate of drug-likeness (QED) is 0.630. The van der Waals surface area contributed by atoms with Crippen molar-refractivity contribution >= 4 is 28.6 Å². The normalized spacial score (nSPS) is 11.1. The highest BCUT2D eigenvalue weighted by molar-refractivity contribution is 7.98. The number of fused-ring (bicyclic) bond motifs is 1. The van der Waals surface area contributed by atoms with Crippen molar-refractivity contribution in [2.24, 2.45) is 0 Å². The lowest BCUT2D eigenvalue weighted by Gasteiger charge is -2.09. The summed E-state index contributed by atoms with van der Waals surface area (Å²) in [5, 5.41) is 8.21. The van der Waals surface area contributed by atoms with Crippen LogP contribution in [0.2, 0.25) is 0 Å². The average Bonchev–Trinajstić information content (AvgIpc) is 3.08. The van der Waals surface area contributed by atoms with E-state index in [4.69, 9.17) is 9.72 Å². The molecule has 2 heterocycles. The van der Waals surface area contributed by atoms with Crippen LogP contribution in [0.4, 0.5) is 0 Å². The van der Waals surface area contributed by atoms with Gasteiger partial charge < -0.3 is 10.1 Å². The molecular formula is C19H23N5O2S. The van der Waals surface area contributed by atoms with E-state index in [-0.39, 0.29) is 12.3 Å². The summed E-state index contributed by atoms with van der Waals surface area (Å²) in [7, 11) is 1.60. The number of carbonyl (C=O) groups is 1. The summed E-state index contributed by atoms with van der Waals surface area (Å²) in [6.45, 7) is 4.85. The third-order valence-corrected chi connectivity index (χ3v) is 4.90. The maximum absolute atomic E-state index is 11.7. The summed E-state index contributed by atoms with van der Waals surface area (Å²) in [6.07, 6.45) is 2.16. The number of aryl methyl sites for hydroxylation is 1. The monoisotopic (exact) mass is 385 g/mol. The fourth-order valence-corrected chi connectivity index (χ4v) is 3.20. The smallest absolute Gasteiger partial charge is 0.227 e. The Labute approximate surface area is 162 Å². The zero-order valence-corrected chi connectivity index (χ0v) is 16.8. The van der Waals surface area contributed by atoms with Crippen LogP contribution in [-0.2, 0) is 22.6 Å². The van der Waals surface area contributed by atoms with Gasteiger partial charge >= 0.3 is 0 Å². The largest absolute Gasteiger partial charge is 0.374 e. The molecule has 27 heavy (non-hydrogen) atoms. The zero-order valence-electron chi connectivity index (χ0n) is 15.9. The summed E-state index contributed by atoms with van der Waals surface area (Å²) >= 11 is 1.68. The van der Waals surface area contributed by atoms with Crippen molar-refractivity contribution in [2.45, 2.75) is 31.8 Å². The number of pyridine rings is 1. The molecule has 0 unspecified atom stereocenters. The van der Waals surface area contributed by atoms with Gasteiger partial charge in [0.2, 0.25) is 5.91 Å². The second kappa shape index (κ2) is 8.49. The van der Waals surface area contributed by atoms with E-state index in [9.17, 15) is 4.79 Å². The summed E-state index contributed by atoms with van der Waals surface area (Å²) in [4.78, 5) is 22.1. The summed E-state index contributed by atoms with van der Waals surface area (Å²) in [5.41, 5.74) is 2.01. The van der Waals surface area contributed by atoms with Crippen LogP contribution in [0.15, 0.2) is 29.2 Å². The van der Waals surface area contributed by atoms with Crippen LogP contribution in [0.1, 0.15) is 24.1 Å². The Balaban J connectivity index is 2.08. The van der Waals surface area contributed by atoms with Gasteiger partial charge in [-0.3, -0.25) is 4.79 Å². The van der Waals surface area contributed by atoms with Crippen molar-refractivity contribution in [3.8, 4) is 5.82 Å². The van der Waals surface area contributed by atoms with E-state index >= 15 is 0 Å². The van der Waals surface area contributed by atoms with Crippen LogP contribution in [0.25, 0.3) is 16.7 Å². The number of aromatic nitrogens is 4. The molecule has 0 saturated carbocycles. The number of hydrogen-bond acceptors (Lipinski definition) is 6. The molecular weight excluding hydrogens is 362 g/mol. The van der Waals surface area contributed by atoms with Crippen molar-refractivity contribution in [1.82, 2.24) is 25.1 Å². The van der Waals surface area contributed by atoms with Crippen molar-refractivity contribution in [3.63, 3.8) is 0 Å². The van der Waals surface area contributed by atoms with Crippen LogP contribution in [0, 0.1) is 6.92 Å². The van der Waals surface area contributed by atoms with Gasteiger partial charge in [0.15, 0.2) is 17.5 Å². The molecule has 0 saturated heterocycles. The molecule has 0 radical (unpaired) electrons. The minimum absolute atomic E-state index is 0.117. The number of benzene rings is 1. The van der Waals surface area contributed by atoms with Crippen LogP contribution in [0.3, 0.4) is 0 Å². The van der Waals surface area contributed by atoms with Crippen LogP contribution < -0.4 is 5.32 Å². The molecule has 142 valence electrons. The van der Waals surface area contributed by atoms with Gasteiger partial charge in [-0.1, -0.05) is 6.07 Å². The molecule has 0 aliphatic heterocycles. The Hall–Kier alpha value is -2.45. The van der Waals surface area contributed by atoms with E-state index in [2.05, 4.69) is 40.5 Å². The highest BCUT2D eigenvalue weighted by Crippen LogP contribution is 2.25. The topological polar surface area (TPSA) is 81.9 Å². The molecule has 7 nitrogen and oxygen atoms in total. The standard InChI is InChI=1S/C19H23N5O2S/c1-5-26-11-18-22-16(10-19(25)20-3)23-24(18)17-8-12(2)14-7-6-13(27-4)9-15(14)21-17/h6-9H,5,10-11H2,1-4H3,(H,20,25). The molecule has 1 aromatic carbocycles. The molecule has 3 rings (SSSR count). The molecule has 0 fully saturated rings. The van der Waals surface area contributed by atoms with E-state index in [1.807, 2.05) is 19.2 Å². The Morgan fingerprint density at radius 3 is 2.81 bits per heavy atom. The molecule has 0 atom stereocenters. The van der Waals surface area contributed by atoms with Crippen LogP contribution in [-0.4, -0.2) is 45.6 Å². The van der Waals surface area contributed by atoms with Crippen molar-refractivity contribution in [2.75, 3.05) is 19.9 Å². The maximum atomic E-state index is 11.7. The maximum Gasteiger partial charge on any atom is 0.227 e. The second-order valence-corrected chi connectivity index (χ2v) is 6.90. The highest BCUT2D eigenvalue weighted by Gasteiger charge is 2.16. The minimum Gasteiger partial charge on any atom is -0.374 e. The van der Waals surface area contributed by atoms with E-state index in [0.717, 1.165) is 21.4 Å². The van der Waals surface area contributed by atoms with E-state index in [1.165, 1.54) is 0 Å². The van der Waals surface area contributed by atoms with Gasteiger partial charge in [-0.2, -0.15) is 4.68 Å². The second-order valence-electron chi connectivity index (χ2n) is 6.02. The fraction of sp³-hybridized carbons (Fsp3) is 0.368. The first kappa shape index (κ1) is 19.3. The predicted molar refractivity (Wildman–Crippen MR) is 106 cm³/mol. The summed E-state index contributed by atoms with van der Waals surface area (Å²) < 4.78 is 7.20. The van der Waals surface area contributed by atoms with Crippen molar-refractivity contribution in [1.29, 1.82) is 0 Å². The first-order chi connectivity index (χ1) is 13.0. The fourth-order valence-electron chi connectivity index (χ4n) is 2.77. The molecule has 3 aromatic rings. The third-order valence-electron chi connectivity index (χ3n) is 4.18. The lowest BCUT2D eigenvalue weighted by molar-refractivity contribution is -0.120. The molecule has 0 aliphatic carbocycles. The average molecular weight is 385 g/mol. The Morgan fingerprint density at radius 1 is 1.30 bits per heavy atom. The van der Waals surface area contributed by atoms with Crippen LogP contribution >= 0.6 is 11.8 Å². The summed E-state index contributed by atoms with van der Waals surface area (Å²) in [6, 6.07) is 8.24. The van der Waals surface area contributed by atoms with Gasteiger partial charge in [-0.15, -0.1) is 16.9 Å². The van der Waals surface area contributed by atoms with Gasteiger partial charge in [0, 0.05) is 23.9 Å². The molecule has 1 N–H and O–H groups in total. The van der Waals surface area contributed by atoms with Crippen molar-refractivity contribution in [3.05, 3.63) is 41.5 Å². The molecule has 1 amide bonds. The van der Waals surface area contributed by atoms with Crippen molar-refractivity contribution < 1.29 is 9.53 Å². The first-order valence-corrected chi connectivity index (χ1v) is 9.97.